The maximum atomic E-state index is 13.1. The van der Waals surface area contributed by atoms with Gasteiger partial charge in [-0.2, -0.15) is 13.2 Å². The molecule has 9 heteroatoms. The van der Waals surface area contributed by atoms with Crippen LogP contribution in [-0.2, 0) is 17.6 Å². The fourth-order valence-electron chi connectivity index (χ4n) is 2.16. The number of rotatable bonds is 6. The SMILES string of the molecule is Cc1cc(Br)cnc1-c1nc(C(F)(F)F)cn1COCC[Si](C)(C)C. The predicted octanol–water partition coefficient (Wildman–Crippen LogP) is 5.35. The maximum Gasteiger partial charge on any atom is 0.434 e. The standard InChI is InChI=1S/C16H21BrF3N3OSi/c1-11-7-12(17)8-21-14(11)15-22-13(16(18,19)20)9-23(15)10-24-5-6-25(2,3)4/h7-9H,5-6,10H2,1-4H3. The third kappa shape index (κ3) is 5.65. The van der Waals surface area contributed by atoms with E-state index in [1.807, 2.05) is 0 Å². The third-order valence-corrected chi connectivity index (χ3v) is 5.69. The fraction of sp³-hybridized carbons (Fsp3) is 0.500. The van der Waals surface area contributed by atoms with E-state index in [0.29, 0.717) is 12.3 Å². The average Bonchev–Trinajstić information content (AvgIpc) is 2.86. The molecule has 0 spiro atoms. The van der Waals surface area contributed by atoms with Crippen LogP contribution in [0.4, 0.5) is 13.2 Å². The number of halogens is 4. The van der Waals surface area contributed by atoms with Crippen molar-refractivity contribution >= 4 is 24.0 Å². The second-order valence-electron chi connectivity index (χ2n) is 7.08. The molecule has 2 aromatic rings. The highest BCUT2D eigenvalue weighted by molar-refractivity contribution is 9.10. The summed E-state index contributed by atoms with van der Waals surface area (Å²) in [6.45, 7) is 8.97. The Morgan fingerprint density at radius 2 is 1.96 bits per heavy atom. The Bertz CT molecular complexity index is 741. The lowest BCUT2D eigenvalue weighted by atomic mass is 10.2. The zero-order valence-electron chi connectivity index (χ0n) is 14.6. The van der Waals surface area contributed by atoms with E-state index in [4.69, 9.17) is 4.74 Å². The Balaban J connectivity index is 2.29. The van der Waals surface area contributed by atoms with Gasteiger partial charge in [0.1, 0.15) is 12.4 Å². The number of imidazole rings is 1. The van der Waals surface area contributed by atoms with Crippen LogP contribution in [0.2, 0.25) is 25.7 Å². The molecule has 25 heavy (non-hydrogen) atoms. The molecule has 2 heterocycles. The van der Waals surface area contributed by atoms with Gasteiger partial charge in [0.05, 0.1) is 0 Å². The topological polar surface area (TPSA) is 39.9 Å². The molecule has 2 rings (SSSR count). The molecule has 0 aliphatic rings. The van der Waals surface area contributed by atoms with Gasteiger partial charge in [-0.1, -0.05) is 19.6 Å². The van der Waals surface area contributed by atoms with Crippen molar-refractivity contribution in [2.45, 2.75) is 45.5 Å². The molecule has 0 bridgehead atoms. The van der Waals surface area contributed by atoms with Crippen molar-refractivity contribution in [2.75, 3.05) is 6.61 Å². The van der Waals surface area contributed by atoms with Gasteiger partial charge in [0.25, 0.3) is 0 Å². The van der Waals surface area contributed by atoms with Gasteiger partial charge in [-0.05, 0) is 40.5 Å². The van der Waals surface area contributed by atoms with E-state index in [1.165, 1.54) is 4.57 Å². The molecule has 0 aliphatic carbocycles. The van der Waals surface area contributed by atoms with E-state index in [2.05, 4.69) is 45.5 Å². The highest BCUT2D eigenvalue weighted by atomic mass is 79.9. The van der Waals surface area contributed by atoms with Crippen LogP contribution in [0, 0.1) is 6.92 Å². The van der Waals surface area contributed by atoms with Gasteiger partial charge in [-0.15, -0.1) is 0 Å². The monoisotopic (exact) mass is 435 g/mol. The van der Waals surface area contributed by atoms with E-state index >= 15 is 0 Å². The van der Waals surface area contributed by atoms with Crippen molar-refractivity contribution in [3.8, 4) is 11.5 Å². The Labute approximate surface area is 154 Å². The molecule has 138 valence electrons. The summed E-state index contributed by atoms with van der Waals surface area (Å²) in [6.07, 6.45) is -1.99. The molecule has 0 aromatic carbocycles. The summed E-state index contributed by atoms with van der Waals surface area (Å²) >= 11 is 3.30. The minimum atomic E-state index is -4.51. The number of nitrogens with zero attached hydrogens (tertiary/aromatic N) is 3. The maximum absolute atomic E-state index is 13.1. The van der Waals surface area contributed by atoms with Crippen molar-refractivity contribution in [2.24, 2.45) is 0 Å². The Kier molecular flexibility index (Phi) is 6.11. The second kappa shape index (κ2) is 7.59. The summed E-state index contributed by atoms with van der Waals surface area (Å²) in [5, 5.41) is 0. The van der Waals surface area contributed by atoms with Crippen LogP contribution in [-0.4, -0.2) is 29.2 Å². The number of hydrogen-bond acceptors (Lipinski definition) is 3. The number of hydrogen-bond donors (Lipinski definition) is 0. The lowest BCUT2D eigenvalue weighted by molar-refractivity contribution is -0.141. The predicted molar refractivity (Wildman–Crippen MR) is 97.0 cm³/mol. The van der Waals surface area contributed by atoms with Gasteiger partial charge in [0.15, 0.2) is 11.5 Å². The van der Waals surface area contributed by atoms with Gasteiger partial charge in [-0.3, -0.25) is 4.98 Å². The van der Waals surface area contributed by atoms with E-state index in [-0.39, 0.29) is 12.6 Å². The average molecular weight is 436 g/mol. The number of aryl methyl sites for hydroxylation is 1. The summed E-state index contributed by atoms with van der Waals surface area (Å²) in [6, 6.07) is 2.74. The van der Waals surface area contributed by atoms with Crippen LogP contribution in [0.1, 0.15) is 11.3 Å². The number of alkyl halides is 3. The zero-order valence-corrected chi connectivity index (χ0v) is 17.2. The molecule has 0 fully saturated rings. The molecular weight excluding hydrogens is 415 g/mol. The number of aromatic nitrogens is 3. The molecule has 0 unspecified atom stereocenters. The lowest BCUT2D eigenvalue weighted by Gasteiger charge is -2.16. The molecular formula is C16H21BrF3N3OSi. The Morgan fingerprint density at radius 1 is 1.28 bits per heavy atom. The van der Waals surface area contributed by atoms with Crippen LogP contribution in [0.5, 0.6) is 0 Å². The molecule has 2 aromatic heterocycles. The van der Waals surface area contributed by atoms with Gasteiger partial charge in [-0.25, -0.2) is 4.98 Å². The van der Waals surface area contributed by atoms with Crippen LogP contribution in [0.15, 0.2) is 22.9 Å². The van der Waals surface area contributed by atoms with Crippen molar-refractivity contribution in [3.63, 3.8) is 0 Å². The van der Waals surface area contributed by atoms with Crippen molar-refractivity contribution in [3.05, 3.63) is 34.2 Å². The number of pyridine rings is 1. The Hall–Kier alpha value is -1.19. The second-order valence-corrected chi connectivity index (χ2v) is 13.6. The van der Waals surface area contributed by atoms with Crippen molar-refractivity contribution in [1.82, 2.24) is 14.5 Å². The van der Waals surface area contributed by atoms with Crippen LogP contribution < -0.4 is 0 Å². The van der Waals surface area contributed by atoms with Gasteiger partial charge >= 0.3 is 6.18 Å². The molecule has 0 atom stereocenters. The van der Waals surface area contributed by atoms with Crippen LogP contribution in [0.3, 0.4) is 0 Å². The summed E-state index contributed by atoms with van der Waals surface area (Å²) < 4.78 is 46.9. The molecule has 0 N–H and O–H groups in total. The minimum absolute atomic E-state index is 0.0140. The van der Waals surface area contributed by atoms with E-state index in [9.17, 15) is 13.2 Å². The van der Waals surface area contributed by atoms with Crippen LogP contribution in [0.25, 0.3) is 11.5 Å². The smallest absolute Gasteiger partial charge is 0.361 e. The van der Waals surface area contributed by atoms with E-state index in [0.717, 1.165) is 22.3 Å². The quantitative estimate of drug-likeness (QED) is 0.453. The minimum Gasteiger partial charge on any atom is -0.361 e. The van der Waals surface area contributed by atoms with Gasteiger partial charge < -0.3 is 9.30 Å². The first-order valence-corrected chi connectivity index (χ1v) is 12.3. The third-order valence-electron chi connectivity index (χ3n) is 3.55. The molecule has 4 nitrogen and oxygen atoms in total. The fourth-order valence-corrected chi connectivity index (χ4v) is 3.36. The first kappa shape index (κ1) is 20.1. The molecule has 0 radical (unpaired) electrons. The van der Waals surface area contributed by atoms with Crippen molar-refractivity contribution < 1.29 is 17.9 Å². The van der Waals surface area contributed by atoms with Crippen LogP contribution >= 0.6 is 15.9 Å². The summed E-state index contributed by atoms with van der Waals surface area (Å²) in [5.41, 5.74) is 0.199. The largest absolute Gasteiger partial charge is 0.434 e. The lowest BCUT2D eigenvalue weighted by Crippen LogP contribution is -2.22. The molecule has 0 amide bonds. The van der Waals surface area contributed by atoms with Crippen molar-refractivity contribution in [1.29, 1.82) is 0 Å². The summed E-state index contributed by atoms with van der Waals surface area (Å²) in [4.78, 5) is 7.98. The highest BCUT2D eigenvalue weighted by Crippen LogP contribution is 2.31. The summed E-state index contributed by atoms with van der Waals surface area (Å²) in [5.74, 6) is 0.158. The van der Waals surface area contributed by atoms with E-state index in [1.54, 1.807) is 19.2 Å². The van der Waals surface area contributed by atoms with Gasteiger partial charge in [0.2, 0.25) is 0 Å². The molecule has 0 saturated carbocycles. The normalized spacial score (nSPS) is 12.6. The summed E-state index contributed by atoms with van der Waals surface area (Å²) in [7, 11) is -1.26. The van der Waals surface area contributed by atoms with Gasteiger partial charge in [0, 0.05) is 31.5 Å². The molecule has 0 saturated heterocycles. The first-order chi connectivity index (χ1) is 11.5. The Morgan fingerprint density at radius 3 is 2.52 bits per heavy atom. The number of ether oxygens (including phenoxy) is 1. The van der Waals surface area contributed by atoms with E-state index < -0.39 is 19.9 Å². The zero-order chi connectivity index (χ0) is 18.8. The highest BCUT2D eigenvalue weighted by Gasteiger charge is 2.35. The molecule has 0 aliphatic heterocycles. The first-order valence-electron chi connectivity index (χ1n) is 7.82.